The molecule has 0 atom stereocenters. The zero-order valence-corrected chi connectivity index (χ0v) is 10.8. The minimum Gasteiger partial charge on any atom is -0.379 e. The van der Waals surface area contributed by atoms with Crippen molar-refractivity contribution in [1.82, 2.24) is 0 Å². The van der Waals surface area contributed by atoms with Gasteiger partial charge in [-0.05, 0) is 36.2 Å². The van der Waals surface area contributed by atoms with Crippen LogP contribution in [0.5, 0.6) is 0 Å². The van der Waals surface area contributed by atoms with Gasteiger partial charge in [-0.2, -0.15) is 4.39 Å². The van der Waals surface area contributed by atoms with Gasteiger partial charge in [0.25, 0.3) is 0 Å². The van der Waals surface area contributed by atoms with Gasteiger partial charge in [-0.25, -0.2) is 8.78 Å². The van der Waals surface area contributed by atoms with Crippen molar-refractivity contribution in [3.8, 4) is 0 Å². The molecule has 0 radical (unpaired) electrons. The van der Waals surface area contributed by atoms with Gasteiger partial charge in [0.1, 0.15) is 17.3 Å². The molecule has 0 amide bonds. The smallest absolute Gasteiger partial charge is 0.327 e. The summed E-state index contributed by atoms with van der Waals surface area (Å²) in [4.78, 5) is 9.97. The Kier molecular flexibility index (Phi) is 4.42. The Bertz CT molecular complexity index is 657. The molecule has 0 heterocycles. The molecular weight excluding hydrogens is 285 g/mol. The molecule has 4 nitrogen and oxygen atoms in total. The molecule has 7 heteroatoms. The summed E-state index contributed by atoms with van der Waals surface area (Å²) in [6.45, 7) is 0.174. The molecular formula is C14H11F3N2O2. The molecule has 2 rings (SSSR count). The Hall–Kier alpha value is -2.57. The van der Waals surface area contributed by atoms with E-state index in [9.17, 15) is 23.3 Å². The molecule has 0 aliphatic heterocycles. The second kappa shape index (κ2) is 6.25. The fourth-order valence-electron chi connectivity index (χ4n) is 1.94. The first-order valence-electron chi connectivity index (χ1n) is 6.09. The van der Waals surface area contributed by atoms with Crippen LogP contribution in [-0.2, 0) is 6.42 Å². The Balaban J connectivity index is 2.07. The Morgan fingerprint density at radius 2 is 1.76 bits per heavy atom. The van der Waals surface area contributed by atoms with Gasteiger partial charge in [0.05, 0.1) is 4.92 Å². The van der Waals surface area contributed by atoms with E-state index in [-0.39, 0.29) is 18.7 Å². The number of anilines is 1. The van der Waals surface area contributed by atoms with Crippen molar-refractivity contribution in [2.24, 2.45) is 0 Å². The lowest BCUT2D eigenvalue weighted by atomic mass is 10.1. The lowest BCUT2D eigenvalue weighted by molar-refractivity contribution is -0.386. The highest BCUT2D eigenvalue weighted by molar-refractivity contribution is 5.61. The van der Waals surface area contributed by atoms with Crippen LogP contribution in [0.15, 0.2) is 36.4 Å². The molecule has 0 aliphatic carbocycles. The number of halogens is 3. The Morgan fingerprint density at radius 3 is 2.38 bits per heavy atom. The van der Waals surface area contributed by atoms with Crippen LogP contribution in [0.4, 0.5) is 24.5 Å². The van der Waals surface area contributed by atoms with Crippen molar-refractivity contribution in [3.63, 3.8) is 0 Å². The summed E-state index contributed by atoms with van der Waals surface area (Å²) in [5.41, 5.74) is -0.223. The lowest BCUT2D eigenvalue weighted by Crippen LogP contribution is -2.08. The molecule has 0 aromatic heterocycles. The molecule has 1 N–H and O–H groups in total. The van der Waals surface area contributed by atoms with E-state index in [0.717, 1.165) is 12.1 Å². The standard InChI is InChI=1S/C14H11F3N2O2/c15-10-6-9(7-11(16)8-10)4-5-18-13-3-1-2-12(17)14(13)19(20)21/h1-3,6-8,18H,4-5H2. The maximum absolute atomic E-state index is 13.4. The molecule has 0 spiro atoms. The van der Waals surface area contributed by atoms with Crippen LogP contribution in [0.25, 0.3) is 0 Å². The summed E-state index contributed by atoms with van der Waals surface area (Å²) in [6.07, 6.45) is 0.238. The summed E-state index contributed by atoms with van der Waals surface area (Å²) in [7, 11) is 0. The average Bonchev–Trinajstić information content (AvgIpc) is 2.37. The van der Waals surface area contributed by atoms with E-state index >= 15 is 0 Å². The van der Waals surface area contributed by atoms with Gasteiger partial charge < -0.3 is 5.32 Å². The summed E-state index contributed by atoms with van der Waals surface area (Å²) in [5, 5.41) is 13.5. The normalized spacial score (nSPS) is 10.4. The van der Waals surface area contributed by atoms with E-state index in [0.29, 0.717) is 5.56 Å². The molecule has 0 aliphatic rings. The maximum Gasteiger partial charge on any atom is 0.327 e. The highest BCUT2D eigenvalue weighted by atomic mass is 19.1. The van der Waals surface area contributed by atoms with E-state index in [4.69, 9.17) is 0 Å². The molecule has 0 fully saturated rings. The molecule has 110 valence electrons. The van der Waals surface area contributed by atoms with Crippen molar-refractivity contribution in [3.05, 3.63) is 69.5 Å². The van der Waals surface area contributed by atoms with Crippen molar-refractivity contribution < 1.29 is 18.1 Å². The fraction of sp³-hybridized carbons (Fsp3) is 0.143. The average molecular weight is 296 g/mol. The van der Waals surface area contributed by atoms with Crippen LogP contribution in [-0.4, -0.2) is 11.5 Å². The molecule has 2 aromatic rings. The number of hydrogen-bond donors (Lipinski definition) is 1. The number of nitro groups is 1. The first kappa shape index (κ1) is 14.8. The number of nitro benzene ring substituents is 1. The zero-order chi connectivity index (χ0) is 15.4. The monoisotopic (exact) mass is 296 g/mol. The number of nitrogens with one attached hydrogen (secondary N) is 1. The van der Waals surface area contributed by atoms with Crippen LogP contribution in [0.1, 0.15) is 5.56 Å². The van der Waals surface area contributed by atoms with E-state index in [1.165, 1.54) is 24.3 Å². The van der Waals surface area contributed by atoms with E-state index in [2.05, 4.69) is 5.32 Å². The molecule has 0 saturated carbocycles. The number of benzene rings is 2. The van der Waals surface area contributed by atoms with Crippen LogP contribution >= 0.6 is 0 Å². The van der Waals surface area contributed by atoms with Crippen molar-refractivity contribution in [2.75, 3.05) is 11.9 Å². The third-order valence-corrected chi connectivity index (χ3v) is 2.82. The Labute approximate surface area is 118 Å². The summed E-state index contributed by atoms with van der Waals surface area (Å²) < 4.78 is 39.4. The lowest BCUT2D eigenvalue weighted by Gasteiger charge is -2.08. The van der Waals surface area contributed by atoms with Crippen molar-refractivity contribution in [2.45, 2.75) is 6.42 Å². The van der Waals surface area contributed by atoms with Gasteiger partial charge in [-0.3, -0.25) is 10.1 Å². The van der Waals surface area contributed by atoms with Gasteiger partial charge in [0.15, 0.2) is 0 Å². The Morgan fingerprint density at radius 1 is 1.10 bits per heavy atom. The molecule has 0 bridgehead atoms. The van der Waals surface area contributed by atoms with Crippen molar-refractivity contribution in [1.29, 1.82) is 0 Å². The summed E-state index contributed by atoms with van der Waals surface area (Å²) in [6, 6.07) is 6.80. The first-order valence-corrected chi connectivity index (χ1v) is 6.09. The van der Waals surface area contributed by atoms with Crippen molar-refractivity contribution >= 4 is 11.4 Å². The largest absolute Gasteiger partial charge is 0.379 e. The highest BCUT2D eigenvalue weighted by Gasteiger charge is 2.19. The van der Waals surface area contributed by atoms with Crippen LogP contribution in [0.3, 0.4) is 0 Å². The predicted molar refractivity (Wildman–Crippen MR) is 71.6 cm³/mol. The summed E-state index contributed by atoms with van der Waals surface area (Å²) in [5.74, 6) is -2.33. The third kappa shape index (κ3) is 3.71. The molecule has 21 heavy (non-hydrogen) atoms. The SMILES string of the molecule is O=[N+]([O-])c1c(F)cccc1NCCc1cc(F)cc(F)c1. The number of rotatable bonds is 5. The van der Waals surface area contributed by atoms with E-state index < -0.39 is 28.1 Å². The quantitative estimate of drug-likeness (QED) is 0.676. The minimum atomic E-state index is -0.943. The second-order valence-corrected chi connectivity index (χ2v) is 4.35. The van der Waals surface area contributed by atoms with Gasteiger partial charge in [0, 0.05) is 12.6 Å². The number of para-hydroxylation sites is 1. The second-order valence-electron chi connectivity index (χ2n) is 4.35. The van der Waals surface area contributed by atoms with Gasteiger partial charge >= 0.3 is 5.69 Å². The molecule has 2 aromatic carbocycles. The van der Waals surface area contributed by atoms with E-state index in [1.807, 2.05) is 0 Å². The van der Waals surface area contributed by atoms with Gasteiger partial charge in [-0.15, -0.1) is 0 Å². The maximum atomic E-state index is 13.4. The van der Waals surface area contributed by atoms with E-state index in [1.54, 1.807) is 0 Å². The topological polar surface area (TPSA) is 55.2 Å². The van der Waals surface area contributed by atoms with Crippen LogP contribution in [0.2, 0.25) is 0 Å². The van der Waals surface area contributed by atoms with Crippen LogP contribution < -0.4 is 5.32 Å². The number of hydrogen-bond acceptors (Lipinski definition) is 3. The fourth-order valence-corrected chi connectivity index (χ4v) is 1.94. The highest BCUT2D eigenvalue weighted by Crippen LogP contribution is 2.27. The predicted octanol–water partition coefficient (Wildman–Crippen LogP) is 3.67. The van der Waals surface area contributed by atoms with Gasteiger partial charge in [-0.1, -0.05) is 6.07 Å². The first-order chi connectivity index (χ1) is 9.97. The van der Waals surface area contributed by atoms with Crippen LogP contribution in [0, 0.1) is 27.6 Å². The molecule has 0 saturated heterocycles. The third-order valence-electron chi connectivity index (χ3n) is 2.82. The zero-order valence-electron chi connectivity index (χ0n) is 10.8. The number of nitrogens with zero attached hydrogens (tertiary/aromatic N) is 1. The minimum absolute atomic E-state index is 0.0249. The summed E-state index contributed by atoms with van der Waals surface area (Å²) >= 11 is 0. The van der Waals surface area contributed by atoms with Gasteiger partial charge in [0.2, 0.25) is 5.82 Å². The molecule has 0 unspecified atom stereocenters.